The molecular weight excluding hydrogens is 330 g/mol. The van der Waals surface area contributed by atoms with E-state index in [0.29, 0.717) is 23.4 Å². The Morgan fingerprint density at radius 2 is 1.32 bits per heavy atom. The highest BCUT2D eigenvalue weighted by Crippen LogP contribution is 2.49. The molecule has 0 aromatic heterocycles. The van der Waals surface area contributed by atoms with Gasteiger partial charge in [0.05, 0.1) is 8.07 Å². The van der Waals surface area contributed by atoms with E-state index in [9.17, 15) is 31.4 Å². The summed E-state index contributed by atoms with van der Waals surface area (Å²) in [5, 5.41) is 18.8. The van der Waals surface area contributed by atoms with Gasteiger partial charge in [0.2, 0.25) is 0 Å². The van der Waals surface area contributed by atoms with Crippen molar-refractivity contribution in [3.8, 4) is 0 Å². The molecule has 0 amide bonds. The molecule has 0 saturated carbocycles. The van der Waals surface area contributed by atoms with E-state index in [-0.39, 0.29) is 6.61 Å². The molecular formula is C13H16F6O2Si. The largest absolute Gasteiger partial charge is 0.430 e. The van der Waals surface area contributed by atoms with E-state index in [1.54, 1.807) is 0 Å². The lowest BCUT2D eigenvalue weighted by Gasteiger charge is -2.33. The second-order valence-electron chi connectivity index (χ2n) is 5.64. The van der Waals surface area contributed by atoms with E-state index in [0.717, 1.165) is 12.1 Å². The van der Waals surface area contributed by atoms with Crippen LogP contribution in [0.1, 0.15) is 5.56 Å². The monoisotopic (exact) mass is 346 g/mol. The number of aliphatic hydroxyl groups is 2. The quantitative estimate of drug-likeness (QED) is 0.650. The number of hydrogen-bond donors (Lipinski definition) is 2. The minimum atomic E-state index is -5.88. The van der Waals surface area contributed by atoms with Crippen molar-refractivity contribution in [2.75, 3.05) is 6.61 Å². The van der Waals surface area contributed by atoms with Crippen molar-refractivity contribution >= 4 is 13.3 Å². The molecule has 0 saturated heterocycles. The third-order valence-corrected chi connectivity index (χ3v) is 7.01. The van der Waals surface area contributed by atoms with Crippen molar-refractivity contribution in [2.24, 2.45) is 0 Å². The number of hydrogen-bond acceptors (Lipinski definition) is 2. The predicted octanol–water partition coefficient (Wildman–Crippen LogP) is 2.91. The lowest BCUT2D eigenvalue weighted by molar-refractivity contribution is -0.376. The van der Waals surface area contributed by atoms with Crippen molar-refractivity contribution < 1.29 is 36.6 Å². The van der Waals surface area contributed by atoms with Crippen LogP contribution in [0.3, 0.4) is 0 Å². The van der Waals surface area contributed by atoms with Crippen LogP contribution in [-0.4, -0.2) is 37.2 Å². The lowest BCUT2D eigenvalue weighted by atomic mass is 9.92. The average Bonchev–Trinajstić information content (AvgIpc) is 2.35. The maximum absolute atomic E-state index is 12.7. The van der Waals surface area contributed by atoms with Gasteiger partial charge in [0, 0.05) is 12.2 Å². The molecule has 0 bridgehead atoms. The molecule has 9 heteroatoms. The number of rotatable bonds is 4. The van der Waals surface area contributed by atoms with Gasteiger partial charge in [-0.05, 0) is 6.04 Å². The first-order chi connectivity index (χ1) is 9.77. The van der Waals surface area contributed by atoms with E-state index in [1.807, 2.05) is 13.1 Å². The Morgan fingerprint density at radius 1 is 0.909 bits per heavy atom. The maximum Gasteiger partial charge on any atom is 0.430 e. The summed E-state index contributed by atoms with van der Waals surface area (Å²) in [6.07, 6.45) is -11.8. The highest BCUT2D eigenvalue weighted by Gasteiger charge is 2.71. The van der Waals surface area contributed by atoms with Gasteiger partial charge in [-0.1, -0.05) is 42.5 Å². The number of halogens is 6. The van der Waals surface area contributed by atoms with E-state index in [4.69, 9.17) is 5.11 Å². The van der Waals surface area contributed by atoms with Crippen LogP contribution >= 0.6 is 0 Å². The molecule has 1 aromatic rings. The summed E-state index contributed by atoms with van der Waals surface area (Å²) in [5.41, 5.74) is -6.17. The van der Waals surface area contributed by atoms with E-state index in [2.05, 4.69) is 0 Å². The Morgan fingerprint density at radius 3 is 1.64 bits per heavy atom. The third-order valence-electron chi connectivity index (χ3n) is 3.64. The molecule has 0 heterocycles. The van der Waals surface area contributed by atoms with Gasteiger partial charge in [-0.2, -0.15) is 26.3 Å². The third kappa shape index (κ3) is 3.30. The molecule has 126 valence electrons. The molecule has 2 N–H and O–H groups in total. The van der Waals surface area contributed by atoms with Crippen LogP contribution < -0.4 is 5.19 Å². The fourth-order valence-corrected chi connectivity index (χ4v) is 3.99. The Labute approximate surface area is 124 Å². The van der Waals surface area contributed by atoms with Gasteiger partial charge in [0.1, 0.15) is 0 Å². The van der Waals surface area contributed by atoms with E-state index in [1.165, 1.54) is 0 Å². The molecule has 0 atom stereocenters. The standard InChI is InChI=1S/C13H16F6O2Si/c1-22(2,8-7-20)10-5-3-9(4-6-10)11(21,12(14,15)16)13(17,18)19/h3-6,20-21H,7-8H2,1-2H3. The highest BCUT2D eigenvalue weighted by molar-refractivity contribution is 6.89. The highest BCUT2D eigenvalue weighted by atomic mass is 28.3. The molecule has 0 aliphatic heterocycles. The van der Waals surface area contributed by atoms with Crippen LogP contribution in [0.25, 0.3) is 0 Å². The van der Waals surface area contributed by atoms with Crippen LogP contribution in [0.2, 0.25) is 19.1 Å². The average molecular weight is 346 g/mol. The van der Waals surface area contributed by atoms with Crippen LogP contribution in [0.4, 0.5) is 26.3 Å². The zero-order valence-corrected chi connectivity index (χ0v) is 12.9. The Kier molecular flexibility index (Phi) is 5.05. The zero-order valence-electron chi connectivity index (χ0n) is 11.9. The second-order valence-corrected chi connectivity index (χ2v) is 10.5. The van der Waals surface area contributed by atoms with Crippen molar-refractivity contribution in [3.05, 3.63) is 29.8 Å². The second kappa shape index (κ2) is 5.86. The molecule has 2 nitrogen and oxygen atoms in total. The number of alkyl halides is 6. The topological polar surface area (TPSA) is 40.5 Å². The molecule has 1 aromatic carbocycles. The molecule has 1 rings (SSSR count). The summed E-state index contributed by atoms with van der Waals surface area (Å²) in [6.45, 7) is 3.55. The van der Waals surface area contributed by atoms with E-state index >= 15 is 0 Å². The summed E-state index contributed by atoms with van der Waals surface area (Å²) in [4.78, 5) is 0. The molecule has 0 radical (unpaired) electrons. The van der Waals surface area contributed by atoms with Crippen LogP contribution in [0.5, 0.6) is 0 Å². The van der Waals surface area contributed by atoms with Gasteiger partial charge in [-0.15, -0.1) is 0 Å². The van der Waals surface area contributed by atoms with Crippen molar-refractivity contribution in [1.29, 1.82) is 0 Å². The number of aliphatic hydroxyl groups excluding tert-OH is 1. The summed E-state index contributed by atoms with van der Waals surface area (Å²) < 4.78 is 76.5. The van der Waals surface area contributed by atoms with Gasteiger partial charge in [0.25, 0.3) is 5.60 Å². The summed E-state index contributed by atoms with van der Waals surface area (Å²) in [5.74, 6) is 0. The van der Waals surface area contributed by atoms with Crippen LogP contribution in [0, 0.1) is 0 Å². The summed E-state index contributed by atoms with van der Waals surface area (Å²) >= 11 is 0. The minimum absolute atomic E-state index is 0.115. The van der Waals surface area contributed by atoms with Gasteiger partial charge >= 0.3 is 12.4 Å². The molecule has 0 aliphatic rings. The van der Waals surface area contributed by atoms with Gasteiger partial charge < -0.3 is 10.2 Å². The fraction of sp³-hybridized carbons (Fsp3) is 0.538. The predicted molar refractivity (Wildman–Crippen MR) is 71.5 cm³/mol. The smallest absolute Gasteiger partial charge is 0.397 e. The maximum atomic E-state index is 12.7. The van der Waals surface area contributed by atoms with Gasteiger partial charge in [-0.3, -0.25) is 0 Å². The van der Waals surface area contributed by atoms with Crippen LogP contribution in [-0.2, 0) is 5.60 Å². The molecule has 0 spiro atoms. The Hall–Kier alpha value is -1.06. The number of benzene rings is 1. The fourth-order valence-electron chi connectivity index (χ4n) is 2.07. The van der Waals surface area contributed by atoms with Crippen molar-refractivity contribution in [2.45, 2.75) is 37.1 Å². The van der Waals surface area contributed by atoms with Crippen molar-refractivity contribution in [1.82, 2.24) is 0 Å². The lowest BCUT2D eigenvalue weighted by Crippen LogP contribution is -2.54. The Balaban J connectivity index is 3.33. The van der Waals surface area contributed by atoms with E-state index < -0.39 is 31.6 Å². The molecule has 0 unspecified atom stereocenters. The minimum Gasteiger partial charge on any atom is -0.397 e. The first-order valence-electron chi connectivity index (χ1n) is 6.35. The molecule has 22 heavy (non-hydrogen) atoms. The molecule has 0 fully saturated rings. The molecule has 0 aliphatic carbocycles. The normalized spacial score (nSPS) is 14.3. The zero-order chi connectivity index (χ0) is 17.4. The summed E-state index contributed by atoms with van der Waals surface area (Å²) in [6, 6.07) is 4.01. The van der Waals surface area contributed by atoms with Crippen LogP contribution in [0.15, 0.2) is 24.3 Å². The first-order valence-corrected chi connectivity index (χ1v) is 9.56. The van der Waals surface area contributed by atoms with Gasteiger partial charge in [0.15, 0.2) is 0 Å². The SMILES string of the molecule is C[Si](C)(CCO)c1ccc(C(O)(C(F)(F)F)C(F)(F)F)cc1. The van der Waals surface area contributed by atoms with Crippen molar-refractivity contribution in [3.63, 3.8) is 0 Å². The Bertz CT molecular complexity index is 493. The van der Waals surface area contributed by atoms with Gasteiger partial charge in [-0.25, -0.2) is 0 Å². The first kappa shape index (κ1) is 19.0. The summed E-state index contributed by atoms with van der Waals surface area (Å²) in [7, 11) is -2.15.